The number of carboxylic acid groups (broad SMARTS) is 1. The van der Waals surface area contributed by atoms with Gasteiger partial charge >= 0.3 is 12.6 Å². The summed E-state index contributed by atoms with van der Waals surface area (Å²) < 4.78 is 31.5. The highest BCUT2D eigenvalue weighted by Gasteiger charge is 2.57. The van der Waals surface area contributed by atoms with Crippen molar-refractivity contribution in [2.45, 2.75) is 92.7 Å². The zero-order valence-electron chi connectivity index (χ0n) is 20.9. The van der Waals surface area contributed by atoms with Gasteiger partial charge in [-0.3, -0.25) is 9.59 Å². The van der Waals surface area contributed by atoms with Gasteiger partial charge < -0.3 is 20.1 Å². The summed E-state index contributed by atoms with van der Waals surface area (Å²) in [6, 6.07) is 3.64. The van der Waals surface area contributed by atoms with Gasteiger partial charge in [0, 0.05) is 24.4 Å². The largest absolute Gasteiger partial charge is 0.481 e. The summed E-state index contributed by atoms with van der Waals surface area (Å²) in [7, 11) is 0. The van der Waals surface area contributed by atoms with Crippen LogP contribution >= 0.6 is 11.8 Å². The molecule has 2 heterocycles. The number of amides is 1. The number of aliphatic carboxylic acids is 1. The number of ether oxygens (including phenoxy) is 1. The van der Waals surface area contributed by atoms with E-state index < -0.39 is 24.1 Å². The summed E-state index contributed by atoms with van der Waals surface area (Å²) in [6.07, 6.45) is 8.93. The number of carboxylic acids is 1. The van der Waals surface area contributed by atoms with Gasteiger partial charge in [0.2, 0.25) is 0 Å². The number of carbonyl (C=O) groups excluding carboxylic acids is 1. The van der Waals surface area contributed by atoms with Crippen LogP contribution in [0.4, 0.5) is 14.6 Å². The zero-order chi connectivity index (χ0) is 25.7. The first-order chi connectivity index (χ1) is 17.8. The summed E-state index contributed by atoms with van der Waals surface area (Å²) in [5.74, 6) is 0.107. The highest BCUT2D eigenvalue weighted by atomic mass is 32.2. The smallest absolute Gasteiger partial charge is 0.345 e. The maximum atomic E-state index is 13.7. The molecule has 4 bridgehead atoms. The standard InChI is InChI=1S/C27H35F2N3O4S/c28-26(29)36-27-11-15-9-17(12-27)22(18(10-15)13-27)31-23(33)20-5-6-21(32-8-7-16(14-32)25(34)35)30-24(20)37-19-3-1-2-4-19/h5-6,15-19,22,26H,1-4,7-14H2,(H,31,33)(H,34,35)/t15?,16-,17?,18?,22-,27-/m1/s1. The van der Waals surface area contributed by atoms with Crippen LogP contribution in [0.2, 0.25) is 0 Å². The van der Waals surface area contributed by atoms with Gasteiger partial charge in [0.1, 0.15) is 10.8 Å². The summed E-state index contributed by atoms with van der Waals surface area (Å²) in [6.45, 7) is -1.69. The average Bonchev–Trinajstić information content (AvgIpc) is 3.52. The number of thioether (sulfide) groups is 1. The number of nitrogens with one attached hydrogen (secondary N) is 1. The lowest BCUT2D eigenvalue weighted by Gasteiger charge is -2.59. The lowest BCUT2D eigenvalue weighted by Crippen LogP contribution is -2.62. The van der Waals surface area contributed by atoms with E-state index in [4.69, 9.17) is 9.72 Å². The van der Waals surface area contributed by atoms with Gasteiger partial charge in [-0.1, -0.05) is 12.8 Å². The van der Waals surface area contributed by atoms with Crippen molar-refractivity contribution in [3.8, 4) is 0 Å². The van der Waals surface area contributed by atoms with Gasteiger partial charge in [-0.05, 0) is 81.3 Å². The van der Waals surface area contributed by atoms with Crippen molar-refractivity contribution < 1.29 is 28.2 Å². The zero-order valence-corrected chi connectivity index (χ0v) is 21.7. The molecule has 6 aliphatic rings. The van der Waals surface area contributed by atoms with E-state index in [9.17, 15) is 23.5 Å². The van der Waals surface area contributed by atoms with E-state index in [1.807, 2.05) is 17.0 Å². The van der Waals surface area contributed by atoms with Crippen molar-refractivity contribution in [2.75, 3.05) is 18.0 Å². The summed E-state index contributed by atoms with van der Waals surface area (Å²) in [5, 5.41) is 13.8. The number of hydrogen-bond donors (Lipinski definition) is 2. The molecule has 10 heteroatoms. The minimum Gasteiger partial charge on any atom is -0.481 e. The molecule has 1 amide bonds. The SMILES string of the molecule is O=C(N[C@H]1C2CC3CC1C[C@](OC(F)F)(C3)C2)c1ccc(N2CC[C@@H](C(=O)O)C2)nc1SC1CCCC1. The van der Waals surface area contributed by atoms with Gasteiger partial charge in [0.25, 0.3) is 5.91 Å². The van der Waals surface area contributed by atoms with Crippen LogP contribution in [0.1, 0.15) is 74.6 Å². The molecule has 7 nitrogen and oxygen atoms in total. The Balaban J connectivity index is 1.21. The second-order valence-electron chi connectivity index (χ2n) is 11.8. The van der Waals surface area contributed by atoms with Gasteiger partial charge in [0.05, 0.1) is 17.1 Å². The van der Waals surface area contributed by atoms with Crippen LogP contribution in [0.25, 0.3) is 0 Å². The van der Waals surface area contributed by atoms with E-state index >= 15 is 0 Å². The fourth-order valence-electron chi connectivity index (χ4n) is 7.95. The number of pyridine rings is 1. The fraction of sp³-hybridized carbons (Fsp3) is 0.741. The fourth-order valence-corrected chi connectivity index (χ4v) is 9.27. The molecular formula is C27H35F2N3O4S. The molecule has 6 fully saturated rings. The Hall–Kier alpha value is -1.94. The van der Waals surface area contributed by atoms with E-state index in [-0.39, 0.29) is 23.8 Å². The first kappa shape index (κ1) is 25.3. The Labute approximate surface area is 220 Å². The monoisotopic (exact) mass is 535 g/mol. The summed E-state index contributed by atoms with van der Waals surface area (Å²) >= 11 is 1.66. The van der Waals surface area contributed by atoms with Crippen molar-refractivity contribution >= 4 is 29.5 Å². The highest BCUT2D eigenvalue weighted by Crippen LogP contribution is 2.57. The van der Waals surface area contributed by atoms with Crippen LogP contribution in [-0.2, 0) is 9.53 Å². The van der Waals surface area contributed by atoms with Crippen LogP contribution < -0.4 is 10.2 Å². The first-order valence-electron chi connectivity index (χ1n) is 13.7. The average molecular weight is 536 g/mol. The van der Waals surface area contributed by atoms with Crippen LogP contribution in [0.3, 0.4) is 0 Å². The van der Waals surface area contributed by atoms with Crippen molar-refractivity contribution in [3.63, 3.8) is 0 Å². The van der Waals surface area contributed by atoms with Gasteiger partial charge in [-0.25, -0.2) is 4.98 Å². The summed E-state index contributed by atoms with van der Waals surface area (Å²) in [4.78, 5) is 32.0. The molecule has 7 rings (SSSR count). The number of aromatic nitrogens is 1. The Kier molecular flexibility index (Phi) is 6.84. The quantitative estimate of drug-likeness (QED) is 0.487. The molecule has 202 valence electrons. The molecule has 5 aliphatic carbocycles. The normalized spacial score (nSPS) is 35.0. The minimum atomic E-state index is -2.76. The maximum Gasteiger partial charge on any atom is 0.345 e. The third-order valence-electron chi connectivity index (χ3n) is 9.39. The van der Waals surface area contributed by atoms with Crippen LogP contribution in [-0.4, -0.2) is 58.6 Å². The second-order valence-corrected chi connectivity index (χ2v) is 13.1. The van der Waals surface area contributed by atoms with Gasteiger partial charge in [0.15, 0.2) is 0 Å². The molecule has 1 saturated heterocycles. The van der Waals surface area contributed by atoms with Gasteiger partial charge in [-0.15, -0.1) is 11.8 Å². The van der Waals surface area contributed by atoms with Crippen molar-refractivity contribution in [2.24, 2.45) is 23.7 Å². The Morgan fingerprint density at radius 2 is 1.86 bits per heavy atom. The number of hydrogen-bond acceptors (Lipinski definition) is 6. The van der Waals surface area contributed by atoms with Crippen molar-refractivity contribution in [1.29, 1.82) is 0 Å². The predicted molar refractivity (Wildman–Crippen MR) is 135 cm³/mol. The molecule has 1 aromatic heterocycles. The molecule has 1 aliphatic heterocycles. The third-order valence-corrected chi connectivity index (χ3v) is 10.7. The molecular weight excluding hydrogens is 500 g/mol. The van der Waals surface area contributed by atoms with Crippen LogP contribution in [0.15, 0.2) is 17.2 Å². The van der Waals surface area contributed by atoms with E-state index in [0.29, 0.717) is 60.5 Å². The second kappa shape index (κ2) is 9.98. The van der Waals surface area contributed by atoms with Crippen molar-refractivity contribution in [1.82, 2.24) is 10.3 Å². The van der Waals surface area contributed by atoms with E-state index in [1.165, 1.54) is 12.8 Å². The molecule has 2 N–H and O–H groups in total. The van der Waals surface area contributed by atoms with E-state index in [0.717, 1.165) is 31.5 Å². The summed E-state index contributed by atoms with van der Waals surface area (Å²) in [5.41, 5.74) is -0.177. The molecule has 0 aromatic carbocycles. The first-order valence-corrected chi connectivity index (χ1v) is 14.6. The maximum absolute atomic E-state index is 13.7. The number of rotatable bonds is 8. The van der Waals surface area contributed by atoms with Crippen molar-refractivity contribution in [3.05, 3.63) is 17.7 Å². The number of nitrogens with zero attached hydrogens (tertiary/aromatic N) is 2. The molecule has 37 heavy (non-hydrogen) atoms. The van der Waals surface area contributed by atoms with Crippen LogP contribution in [0.5, 0.6) is 0 Å². The van der Waals surface area contributed by atoms with E-state index in [2.05, 4.69) is 5.32 Å². The van der Waals surface area contributed by atoms with E-state index in [1.54, 1.807) is 11.8 Å². The predicted octanol–water partition coefficient (Wildman–Crippen LogP) is 4.94. The topological polar surface area (TPSA) is 91.8 Å². The highest BCUT2D eigenvalue weighted by molar-refractivity contribution is 7.99. The minimum absolute atomic E-state index is 0.0302. The Bertz CT molecular complexity index is 1030. The third kappa shape index (κ3) is 5.07. The molecule has 1 aromatic rings. The number of halogens is 2. The number of carbonyl (C=O) groups is 2. The lowest BCUT2D eigenvalue weighted by molar-refractivity contribution is -0.260. The Morgan fingerprint density at radius 1 is 1.14 bits per heavy atom. The number of anilines is 1. The molecule has 5 saturated carbocycles. The van der Waals surface area contributed by atoms with Crippen LogP contribution in [0, 0.1) is 23.7 Å². The molecule has 2 unspecified atom stereocenters. The lowest BCUT2D eigenvalue weighted by atomic mass is 9.52. The molecule has 3 atom stereocenters. The molecule has 0 spiro atoms. The van der Waals surface area contributed by atoms with Gasteiger partial charge in [-0.2, -0.15) is 8.78 Å². The number of alkyl halides is 2. The Morgan fingerprint density at radius 3 is 2.51 bits per heavy atom. The molecule has 0 radical (unpaired) electrons.